The lowest BCUT2D eigenvalue weighted by Gasteiger charge is -2.18. The number of hydrogen-bond acceptors (Lipinski definition) is 5. The molecule has 1 aliphatic heterocycles. The molecule has 124 valence electrons. The summed E-state index contributed by atoms with van der Waals surface area (Å²) in [5.74, 6) is 0.781. The normalized spacial score (nSPS) is 15.2. The largest absolute Gasteiger partial charge is 0.467 e. The fraction of sp³-hybridized carbons (Fsp3) is 0.500. The Morgan fingerprint density at radius 1 is 1.43 bits per heavy atom. The Morgan fingerprint density at radius 2 is 2.35 bits per heavy atom. The van der Waals surface area contributed by atoms with E-state index in [-0.39, 0.29) is 12.5 Å². The second kappa shape index (κ2) is 7.43. The third-order valence-electron chi connectivity index (χ3n) is 4.00. The van der Waals surface area contributed by atoms with Crippen LogP contribution in [0.1, 0.15) is 30.0 Å². The number of carbonyl (C=O) groups excluding carboxylic acids is 1. The molecule has 2 N–H and O–H groups in total. The maximum absolute atomic E-state index is 11.9. The predicted octanol–water partition coefficient (Wildman–Crippen LogP) is 0.881. The highest BCUT2D eigenvalue weighted by molar-refractivity contribution is 5.75. The van der Waals surface area contributed by atoms with Crippen molar-refractivity contribution in [2.75, 3.05) is 13.1 Å². The van der Waals surface area contributed by atoms with Gasteiger partial charge in [-0.2, -0.15) is 5.10 Å². The number of carbonyl (C=O) groups is 1. The van der Waals surface area contributed by atoms with Gasteiger partial charge < -0.3 is 14.8 Å². The van der Waals surface area contributed by atoms with E-state index in [1.54, 1.807) is 6.26 Å². The van der Waals surface area contributed by atoms with Gasteiger partial charge in [-0.3, -0.25) is 14.4 Å². The van der Waals surface area contributed by atoms with Gasteiger partial charge in [-0.1, -0.05) is 0 Å². The highest BCUT2D eigenvalue weighted by atomic mass is 16.3. The van der Waals surface area contributed by atoms with Gasteiger partial charge in [0.25, 0.3) is 0 Å². The average molecular weight is 318 g/mol. The van der Waals surface area contributed by atoms with E-state index in [9.17, 15) is 9.90 Å². The highest BCUT2D eigenvalue weighted by Crippen LogP contribution is 2.14. The number of rotatable bonds is 6. The Balaban J connectivity index is 1.47. The molecule has 0 atom stereocenters. The lowest BCUT2D eigenvalue weighted by atomic mass is 10.3. The number of amides is 1. The summed E-state index contributed by atoms with van der Waals surface area (Å²) in [5.41, 5.74) is 1.81. The van der Waals surface area contributed by atoms with E-state index in [1.807, 2.05) is 22.9 Å². The van der Waals surface area contributed by atoms with E-state index >= 15 is 0 Å². The molecule has 3 heterocycles. The lowest BCUT2D eigenvalue weighted by molar-refractivity contribution is -0.121. The zero-order chi connectivity index (χ0) is 16.1. The van der Waals surface area contributed by atoms with Crippen LogP contribution in [0.15, 0.2) is 28.9 Å². The van der Waals surface area contributed by atoms with E-state index in [0.717, 1.165) is 37.5 Å². The number of nitrogens with one attached hydrogen (secondary N) is 1. The van der Waals surface area contributed by atoms with Crippen LogP contribution in [0.25, 0.3) is 0 Å². The summed E-state index contributed by atoms with van der Waals surface area (Å²) in [4.78, 5) is 14.2. The molecule has 0 radical (unpaired) electrons. The molecule has 7 heteroatoms. The molecule has 2 aromatic rings. The van der Waals surface area contributed by atoms with Gasteiger partial charge in [0.05, 0.1) is 30.8 Å². The Kier molecular flexibility index (Phi) is 5.09. The van der Waals surface area contributed by atoms with Gasteiger partial charge in [-0.15, -0.1) is 0 Å². The quantitative estimate of drug-likeness (QED) is 0.826. The zero-order valence-electron chi connectivity index (χ0n) is 13.1. The number of aromatic nitrogens is 2. The molecular formula is C16H22N4O3. The summed E-state index contributed by atoms with van der Waals surface area (Å²) in [5, 5.41) is 16.4. The van der Waals surface area contributed by atoms with Crippen LogP contribution < -0.4 is 5.32 Å². The summed E-state index contributed by atoms with van der Waals surface area (Å²) in [7, 11) is 0. The van der Waals surface area contributed by atoms with Crippen molar-refractivity contribution in [3.05, 3.63) is 41.6 Å². The summed E-state index contributed by atoms with van der Waals surface area (Å²) in [6.07, 6.45) is 3.05. The van der Waals surface area contributed by atoms with Gasteiger partial charge in [-0.05, 0) is 24.6 Å². The molecule has 23 heavy (non-hydrogen) atoms. The molecule has 3 rings (SSSR count). The summed E-state index contributed by atoms with van der Waals surface area (Å²) < 4.78 is 7.15. The molecule has 0 bridgehead atoms. The molecule has 0 spiro atoms. The number of fused-ring (bicyclic) bond motifs is 1. The van der Waals surface area contributed by atoms with E-state index in [1.165, 1.54) is 0 Å². The van der Waals surface area contributed by atoms with Gasteiger partial charge in [0.2, 0.25) is 5.91 Å². The van der Waals surface area contributed by atoms with Crippen molar-refractivity contribution in [1.82, 2.24) is 20.0 Å². The number of nitrogens with zero attached hydrogens (tertiary/aromatic N) is 3. The van der Waals surface area contributed by atoms with Crippen LogP contribution in [-0.2, 0) is 31.0 Å². The fourth-order valence-corrected chi connectivity index (χ4v) is 2.80. The maximum Gasteiger partial charge on any atom is 0.221 e. The standard InChI is InChI=1S/C16H22N4O3/c21-12-13-9-14-11-19(5-2-6-20(14)18-13)7-4-16(22)17-10-15-3-1-8-23-15/h1,3,8-9,21H,2,4-7,10-12H2,(H,17,22). The van der Waals surface area contributed by atoms with Crippen LogP contribution in [0, 0.1) is 0 Å². The molecule has 7 nitrogen and oxygen atoms in total. The molecule has 0 saturated heterocycles. The first-order valence-electron chi connectivity index (χ1n) is 7.92. The highest BCUT2D eigenvalue weighted by Gasteiger charge is 2.17. The smallest absolute Gasteiger partial charge is 0.221 e. The third-order valence-corrected chi connectivity index (χ3v) is 4.00. The third kappa shape index (κ3) is 4.20. The summed E-state index contributed by atoms with van der Waals surface area (Å²) in [6, 6.07) is 5.59. The van der Waals surface area contributed by atoms with E-state index < -0.39 is 0 Å². The lowest BCUT2D eigenvalue weighted by Crippen LogP contribution is -2.30. The molecule has 1 amide bonds. The second-order valence-electron chi connectivity index (χ2n) is 5.74. The van der Waals surface area contributed by atoms with Crippen molar-refractivity contribution in [3.8, 4) is 0 Å². The van der Waals surface area contributed by atoms with Gasteiger partial charge >= 0.3 is 0 Å². The fourth-order valence-electron chi connectivity index (χ4n) is 2.80. The van der Waals surface area contributed by atoms with E-state index in [4.69, 9.17) is 4.42 Å². The van der Waals surface area contributed by atoms with Gasteiger partial charge in [0, 0.05) is 32.6 Å². The van der Waals surface area contributed by atoms with Crippen molar-refractivity contribution in [1.29, 1.82) is 0 Å². The monoisotopic (exact) mass is 318 g/mol. The number of aliphatic hydroxyl groups is 1. The molecule has 0 aliphatic carbocycles. The zero-order valence-corrected chi connectivity index (χ0v) is 13.1. The van der Waals surface area contributed by atoms with E-state index in [0.29, 0.717) is 25.2 Å². The van der Waals surface area contributed by atoms with Crippen LogP contribution in [0.5, 0.6) is 0 Å². The first kappa shape index (κ1) is 15.8. The molecular weight excluding hydrogens is 296 g/mol. The number of aryl methyl sites for hydroxylation is 1. The average Bonchev–Trinajstić information content (AvgIpc) is 3.17. The SMILES string of the molecule is O=C(CCN1CCCn2nc(CO)cc2C1)NCc1ccco1. The Bertz CT molecular complexity index is 636. The number of hydrogen-bond donors (Lipinski definition) is 2. The summed E-state index contributed by atoms with van der Waals surface area (Å²) >= 11 is 0. The predicted molar refractivity (Wildman–Crippen MR) is 83.2 cm³/mol. The minimum Gasteiger partial charge on any atom is -0.467 e. The Morgan fingerprint density at radius 3 is 3.13 bits per heavy atom. The summed E-state index contributed by atoms with van der Waals surface area (Å²) in [6.45, 7) is 3.68. The topological polar surface area (TPSA) is 83.5 Å². The first-order valence-corrected chi connectivity index (χ1v) is 7.92. The van der Waals surface area contributed by atoms with Crippen molar-refractivity contribution in [2.24, 2.45) is 0 Å². The van der Waals surface area contributed by atoms with E-state index in [2.05, 4.69) is 15.3 Å². The first-order chi connectivity index (χ1) is 11.2. The van der Waals surface area contributed by atoms with Gasteiger partial charge in [0.1, 0.15) is 5.76 Å². The van der Waals surface area contributed by atoms with Crippen molar-refractivity contribution in [2.45, 2.75) is 39.1 Å². The molecule has 1 aliphatic rings. The van der Waals surface area contributed by atoms with Crippen molar-refractivity contribution >= 4 is 5.91 Å². The minimum atomic E-state index is -0.0326. The van der Waals surface area contributed by atoms with Gasteiger partial charge in [-0.25, -0.2) is 0 Å². The van der Waals surface area contributed by atoms with Crippen LogP contribution in [0.2, 0.25) is 0 Å². The van der Waals surface area contributed by atoms with Crippen LogP contribution >= 0.6 is 0 Å². The van der Waals surface area contributed by atoms with Crippen molar-refractivity contribution < 1.29 is 14.3 Å². The maximum atomic E-state index is 11.9. The molecule has 0 saturated carbocycles. The van der Waals surface area contributed by atoms with Crippen molar-refractivity contribution in [3.63, 3.8) is 0 Å². The molecule has 0 unspecified atom stereocenters. The number of aliphatic hydroxyl groups excluding tert-OH is 1. The van der Waals surface area contributed by atoms with Crippen LogP contribution in [0.4, 0.5) is 0 Å². The minimum absolute atomic E-state index is 0.0233. The molecule has 2 aromatic heterocycles. The van der Waals surface area contributed by atoms with Crippen LogP contribution in [-0.4, -0.2) is 38.8 Å². The molecule has 0 aromatic carbocycles. The van der Waals surface area contributed by atoms with Crippen LogP contribution in [0.3, 0.4) is 0 Å². The van der Waals surface area contributed by atoms with Gasteiger partial charge in [0.15, 0.2) is 0 Å². The molecule has 0 fully saturated rings. The Labute approximate surface area is 134 Å². The number of furan rings is 1. The Hall–Kier alpha value is -2.12. The second-order valence-corrected chi connectivity index (χ2v) is 5.74.